The Hall–Kier alpha value is -2.37. The first kappa shape index (κ1) is 14.0. The van der Waals surface area contributed by atoms with E-state index in [0.29, 0.717) is 17.9 Å². The zero-order valence-electron chi connectivity index (χ0n) is 11.5. The smallest absolute Gasteiger partial charge is 0.255 e. The molecule has 0 radical (unpaired) electrons. The number of aromatic nitrogens is 3. The van der Waals surface area contributed by atoms with Gasteiger partial charge in [-0.2, -0.15) is 0 Å². The lowest BCUT2D eigenvalue weighted by molar-refractivity contribution is 0.0954. The van der Waals surface area contributed by atoms with Crippen LogP contribution in [0.2, 0.25) is 0 Å². The molecular weight excluding hydrogens is 254 g/mol. The second-order valence-corrected chi connectivity index (χ2v) is 4.41. The normalized spacial score (nSPS) is 10.2. The van der Waals surface area contributed by atoms with Crippen molar-refractivity contribution in [2.45, 2.75) is 19.8 Å². The average molecular weight is 273 g/mol. The van der Waals surface area contributed by atoms with E-state index >= 15 is 0 Å². The van der Waals surface area contributed by atoms with E-state index in [4.69, 9.17) is 0 Å². The lowest BCUT2D eigenvalue weighted by Crippen LogP contribution is -2.27. The highest BCUT2D eigenvalue weighted by molar-refractivity contribution is 5.98. The summed E-state index contributed by atoms with van der Waals surface area (Å²) in [5, 5.41) is 6.05. The molecule has 0 fully saturated rings. The summed E-state index contributed by atoms with van der Waals surface area (Å²) < 4.78 is 0. The molecule has 1 amide bonds. The number of pyridine rings is 1. The van der Waals surface area contributed by atoms with Gasteiger partial charge in [-0.1, -0.05) is 6.92 Å². The Labute approximate surface area is 118 Å². The number of carbonyl (C=O) groups is 1. The molecule has 0 bridgehead atoms. The van der Waals surface area contributed by atoms with Gasteiger partial charge < -0.3 is 15.6 Å². The maximum absolute atomic E-state index is 12.1. The molecule has 6 nitrogen and oxygen atoms in total. The highest BCUT2D eigenvalue weighted by Gasteiger charge is 2.11. The van der Waals surface area contributed by atoms with Gasteiger partial charge in [0.25, 0.3) is 5.91 Å². The van der Waals surface area contributed by atoms with Crippen molar-refractivity contribution in [2.75, 3.05) is 18.4 Å². The van der Waals surface area contributed by atoms with Crippen LogP contribution >= 0.6 is 0 Å². The molecule has 0 atom stereocenters. The monoisotopic (exact) mass is 273 g/mol. The topological polar surface area (TPSA) is 82.7 Å². The van der Waals surface area contributed by atoms with Crippen LogP contribution in [0.3, 0.4) is 0 Å². The van der Waals surface area contributed by atoms with Gasteiger partial charge in [0.05, 0.1) is 11.9 Å². The number of carbonyl (C=O) groups excluding carboxylic acids is 1. The van der Waals surface area contributed by atoms with Gasteiger partial charge in [-0.05, 0) is 18.6 Å². The second kappa shape index (κ2) is 7.28. The number of imidazole rings is 1. The molecule has 6 heteroatoms. The van der Waals surface area contributed by atoms with E-state index < -0.39 is 0 Å². The fourth-order valence-corrected chi connectivity index (χ4v) is 1.80. The van der Waals surface area contributed by atoms with Gasteiger partial charge in [0.15, 0.2) is 0 Å². The van der Waals surface area contributed by atoms with Crippen molar-refractivity contribution in [1.82, 2.24) is 20.3 Å². The molecule has 3 N–H and O–H groups in total. The molecule has 0 saturated heterocycles. The predicted octanol–water partition coefficient (Wildman–Crippen LogP) is 1.60. The van der Waals surface area contributed by atoms with E-state index in [9.17, 15) is 4.79 Å². The molecule has 2 aromatic rings. The number of hydrogen-bond acceptors (Lipinski definition) is 4. The first-order valence-corrected chi connectivity index (χ1v) is 6.75. The molecule has 2 heterocycles. The van der Waals surface area contributed by atoms with Gasteiger partial charge in [0.1, 0.15) is 5.82 Å². The number of hydrogen-bond donors (Lipinski definition) is 3. The first-order valence-electron chi connectivity index (χ1n) is 6.75. The van der Waals surface area contributed by atoms with E-state index in [1.54, 1.807) is 30.9 Å². The van der Waals surface area contributed by atoms with Crippen molar-refractivity contribution in [2.24, 2.45) is 0 Å². The maximum atomic E-state index is 12.1. The summed E-state index contributed by atoms with van der Waals surface area (Å²) in [5.41, 5.74) is 1.58. The van der Waals surface area contributed by atoms with E-state index in [1.807, 2.05) is 0 Å². The van der Waals surface area contributed by atoms with E-state index in [1.165, 1.54) is 0 Å². The maximum Gasteiger partial charge on any atom is 0.255 e. The Balaban J connectivity index is 1.91. The summed E-state index contributed by atoms with van der Waals surface area (Å²) in [6.07, 6.45) is 6.77. The molecule has 0 spiro atoms. The summed E-state index contributed by atoms with van der Waals surface area (Å²) in [4.78, 5) is 23.3. The van der Waals surface area contributed by atoms with Gasteiger partial charge in [0, 0.05) is 37.6 Å². The third-order valence-corrected chi connectivity index (χ3v) is 2.83. The standard InChI is InChI=1S/C14H19N5O/c1-2-6-16-13-12(4-3-7-17-13)14(20)18-8-5-11-9-15-10-19-11/h3-4,7,9-10H,2,5-6,8H2,1H3,(H,15,19)(H,16,17)(H,18,20). The minimum absolute atomic E-state index is 0.115. The molecule has 2 aromatic heterocycles. The van der Waals surface area contributed by atoms with Crippen LogP contribution in [-0.4, -0.2) is 33.9 Å². The molecule has 20 heavy (non-hydrogen) atoms. The number of amides is 1. The number of aromatic amines is 1. The van der Waals surface area contributed by atoms with E-state index in [0.717, 1.165) is 25.1 Å². The second-order valence-electron chi connectivity index (χ2n) is 4.41. The molecule has 0 aliphatic carbocycles. The molecule has 0 aromatic carbocycles. The Morgan fingerprint density at radius 3 is 3.05 bits per heavy atom. The minimum Gasteiger partial charge on any atom is -0.369 e. The summed E-state index contributed by atoms with van der Waals surface area (Å²) in [6, 6.07) is 3.54. The first-order chi connectivity index (χ1) is 9.81. The van der Waals surface area contributed by atoms with Crippen molar-refractivity contribution in [1.29, 1.82) is 0 Å². The van der Waals surface area contributed by atoms with Crippen molar-refractivity contribution < 1.29 is 4.79 Å². The van der Waals surface area contributed by atoms with Crippen molar-refractivity contribution >= 4 is 11.7 Å². The third-order valence-electron chi connectivity index (χ3n) is 2.83. The molecule has 2 rings (SSSR count). The molecule has 0 aliphatic heterocycles. The van der Waals surface area contributed by atoms with Gasteiger partial charge in [-0.15, -0.1) is 0 Å². The number of nitrogens with zero attached hydrogens (tertiary/aromatic N) is 2. The van der Waals surface area contributed by atoms with Gasteiger partial charge in [-0.25, -0.2) is 9.97 Å². The van der Waals surface area contributed by atoms with Crippen molar-refractivity contribution in [3.63, 3.8) is 0 Å². The Morgan fingerprint density at radius 2 is 2.30 bits per heavy atom. The zero-order chi connectivity index (χ0) is 14.2. The van der Waals surface area contributed by atoms with Crippen molar-refractivity contribution in [3.8, 4) is 0 Å². The number of nitrogens with one attached hydrogen (secondary N) is 3. The van der Waals surface area contributed by atoms with Crippen molar-refractivity contribution in [3.05, 3.63) is 42.1 Å². The summed E-state index contributed by atoms with van der Waals surface area (Å²) in [7, 11) is 0. The quantitative estimate of drug-likeness (QED) is 0.715. The summed E-state index contributed by atoms with van der Waals surface area (Å²) in [5.74, 6) is 0.518. The van der Waals surface area contributed by atoms with Crippen LogP contribution in [0.15, 0.2) is 30.9 Å². The summed E-state index contributed by atoms with van der Waals surface area (Å²) in [6.45, 7) is 3.43. The Kier molecular flexibility index (Phi) is 5.11. The average Bonchev–Trinajstić information content (AvgIpc) is 2.98. The van der Waals surface area contributed by atoms with Crippen LogP contribution in [0.4, 0.5) is 5.82 Å². The fourth-order valence-electron chi connectivity index (χ4n) is 1.80. The zero-order valence-corrected chi connectivity index (χ0v) is 11.5. The third kappa shape index (κ3) is 3.81. The molecule has 0 unspecified atom stereocenters. The fraction of sp³-hybridized carbons (Fsp3) is 0.357. The molecule has 0 saturated carbocycles. The molecular formula is C14H19N5O. The SMILES string of the molecule is CCCNc1ncccc1C(=O)NCCc1cnc[nH]1. The highest BCUT2D eigenvalue weighted by Crippen LogP contribution is 2.11. The van der Waals surface area contributed by atoms with Crippen LogP contribution in [0, 0.1) is 0 Å². The predicted molar refractivity (Wildman–Crippen MR) is 77.6 cm³/mol. The Bertz CT molecular complexity index is 538. The molecule has 106 valence electrons. The van der Waals surface area contributed by atoms with Crippen LogP contribution in [0.5, 0.6) is 0 Å². The van der Waals surface area contributed by atoms with Gasteiger partial charge in [-0.3, -0.25) is 4.79 Å². The Morgan fingerprint density at radius 1 is 1.40 bits per heavy atom. The number of anilines is 1. The molecule has 0 aliphatic rings. The highest BCUT2D eigenvalue weighted by atomic mass is 16.1. The van der Waals surface area contributed by atoms with Crippen LogP contribution in [-0.2, 0) is 6.42 Å². The van der Waals surface area contributed by atoms with Crippen LogP contribution < -0.4 is 10.6 Å². The van der Waals surface area contributed by atoms with Gasteiger partial charge >= 0.3 is 0 Å². The van der Waals surface area contributed by atoms with Gasteiger partial charge in [0.2, 0.25) is 0 Å². The van der Waals surface area contributed by atoms with Crippen LogP contribution in [0.25, 0.3) is 0 Å². The van der Waals surface area contributed by atoms with E-state index in [2.05, 4.69) is 32.5 Å². The van der Waals surface area contributed by atoms with Crippen LogP contribution in [0.1, 0.15) is 29.4 Å². The van der Waals surface area contributed by atoms with E-state index in [-0.39, 0.29) is 5.91 Å². The lowest BCUT2D eigenvalue weighted by Gasteiger charge is -2.10. The largest absolute Gasteiger partial charge is 0.369 e. The summed E-state index contributed by atoms with van der Waals surface area (Å²) >= 11 is 0. The minimum atomic E-state index is -0.115. The number of H-pyrrole nitrogens is 1. The lowest BCUT2D eigenvalue weighted by atomic mass is 10.2. The number of rotatable bonds is 7.